The third-order valence-corrected chi connectivity index (χ3v) is 12.4. The van der Waals surface area contributed by atoms with Crippen molar-refractivity contribution in [3.63, 3.8) is 0 Å². The zero-order valence-electron chi connectivity index (χ0n) is 33.9. The van der Waals surface area contributed by atoms with Crippen LogP contribution < -0.4 is 4.90 Å². The molecule has 11 aromatic carbocycles. The molecule has 0 amide bonds. The zero-order valence-corrected chi connectivity index (χ0v) is 33.9. The molecule has 12 aromatic rings. The second-order valence-corrected chi connectivity index (χ2v) is 16.1. The largest absolute Gasteiger partial charge is 0.456 e. The van der Waals surface area contributed by atoms with Gasteiger partial charge in [-0.15, -0.1) is 0 Å². The molecular weight excluding hydrogens is 751 g/mol. The van der Waals surface area contributed by atoms with Gasteiger partial charge in [0.15, 0.2) is 0 Å². The molecule has 2 heteroatoms. The van der Waals surface area contributed by atoms with E-state index in [0.717, 1.165) is 55.7 Å². The van der Waals surface area contributed by atoms with Crippen LogP contribution >= 0.6 is 0 Å². The first-order chi connectivity index (χ1) is 30.7. The molecule has 0 radical (unpaired) electrons. The number of fused-ring (bicyclic) bond motifs is 7. The van der Waals surface area contributed by atoms with E-state index in [1.807, 2.05) is 12.1 Å². The van der Waals surface area contributed by atoms with Crippen molar-refractivity contribution < 1.29 is 4.42 Å². The Labute approximate surface area is 360 Å². The Bertz CT molecular complexity index is 3630. The second kappa shape index (κ2) is 14.8. The molecule has 0 saturated carbocycles. The van der Waals surface area contributed by atoms with Crippen LogP contribution in [0.25, 0.3) is 98.8 Å². The molecule has 0 unspecified atom stereocenters. The molecule has 12 rings (SSSR count). The number of anilines is 3. The summed E-state index contributed by atoms with van der Waals surface area (Å²) in [5, 5.41) is 9.81. The lowest BCUT2D eigenvalue weighted by atomic mass is 9.94. The molecule has 0 bridgehead atoms. The minimum atomic E-state index is 0.891. The van der Waals surface area contributed by atoms with Gasteiger partial charge in [-0.2, -0.15) is 0 Å². The fourth-order valence-electron chi connectivity index (χ4n) is 9.41. The van der Waals surface area contributed by atoms with Crippen molar-refractivity contribution in [2.45, 2.75) is 0 Å². The second-order valence-electron chi connectivity index (χ2n) is 16.1. The van der Waals surface area contributed by atoms with Gasteiger partial charge in [-0.1, -0.05) is 182 Å². The summed E-state index contributed by atoms with van der Waals surface area (Å²) in [5.41, 5.74) is 14.4. The Balaban J connectivity index is 0.964. The molecule has 0 spiro atoms. The van der Waals surface area contributed by atoms with Gasteiger partial charge in [0.1, 0.15) is 11.2 Å². The van der Waals surface area contributed by atoms with E-state index >= 15 is 0 Å². The lowest BCUT2D eigenvalue weighted by Gasteiger charge is -2.27. The minimum absolute atomic E-state index is 0.891. The molecule has 0 saturated heterocycles. The van der Waals surface area contributed by atoms with Crippen LogP contribution in [0.15, 0.2) is 241 Å². The van der Waals surface area contributed by atoms with Crippen LogP contribution in [0.1, 0.15) is 0 Å². The maximum absolute atomic E-state index is 6.32. The molecule has 0 aliphatic heterocycles. The van der Waals surface area contributed by atoms with Crippen LogP contribution in [0.2, 0.25) is 0 Å². The molecule has 290 valence electrons. The van der Waals surface area contributed by atoms with Gasteiger partial charge in [-0.25, -0.2) is 0 Å². The Morgan fingerprint density at radius 1 is 0.258 bits per heavy atom. The third-order valence-electron chi connectivity index (χ3n) is 12.4. The number of hydrogen-bond donors (Lipinski definition) is 0. The van der Waals surface area contributed by atoms with E-state index in [1.54, 1.807) is 0 Å². The van der Waals surface area contributed by atoms with Crippen LogP contribution in [0.3, 0.4) is 0 Å². The summed E-state index contributed by atoms with van der Waals surface area (Å²) < 4.78 is 6.32. The van der Waals surface area contributed by atoms with E-state index in [0.29, 0.717) is 0 Å². The fourth-order valence-corrected chi connectivity index (χ4v) is 9.41. The van der Waals surface area contributed by atoms with E-state index in [9.17, 15) is 0 Å². The van der Waals surface area contributed by atoms with Crippen LogP contribution in [-0.4, -0.2) is 0 Å². The standard InChI is InChI=1S/C60H39NO/c1-2-13-45-37-47(30-29-40(45)11-1)42-27-25-41(26-28-42)46-14-7-16-50(38-46)61(51-17-8-15-48(39-51)54-21-10-24-59-60(54)57-19-5-6-23-58(57)62-59)49-34-31-44(32-35-49)53-20-9-22-55-52-18-4-3-12-43(52)33-36-56(53)55/h1-39H. The molecule has 62 heavy (non-hydrogen) atoms. The van der Waals surface area contributed by atoms with Gasteiger partial charge in [0, 0.05) is 27.8 Å². The van der Waals surface area contributed by atoms with E-state index in [-0.39, 0.29) is 0 Å². The molecular formula is C60H39NO. The SMILES string of the molecule is c1cc(-c2ccc(-c3ccc4ccccc4c3)cc2)cc(N(c2ccc(-c3cccc4c3ccc3ccccc34)cc2)c2cccc(-c3cccc4oc5ccccc5c34)c2)c1. The lowest BCUT2D eigenvalue weighted by molar-refractivity contribution is 0.669. The molecule has 0 N–H and O–H groups in total. The van der Waals surface area contributed by atoms with E-state index < -0.39 is 0 Å². The first kappa shape index (κ1) is 35.7. The number of hydrogen-bond acceptors (Lipinski definition) is 2. The fraction of sp³-hybridized carbons (Fsp3) is 0. The van der Waals surface area contributed by atoms with E-state index in [2.05, 4.69) is 229 Å². The van der Waals surface area contributed by atoms with Crippen molar-refractivity contribution in [1.82, 2.24) is 0 Å². The molecule has 0 atom stereocenters. The van der Waals surface area contributed by atoms with Crippen molar-refractivity contribution in [2.24, 2.45) is 0 Å². The topological polar surface area (TPSA) is 16.4 Å². The number of furan rings is 1. The molecule has 0 aliphatic carbocycles. The summed E-state index contributed by atoms with van der Waals surface area (Å²) >= 11 is 0. The van der Waals surface area contributed by atoms with Crippen LogP contribution in [0.4, 0.5) is 17.1 Å². The van der Waals surface area contributed by atoms with Gasteiger partial charge in [0.05, 0.1) is 0 Å². The smallest absolute Gasteiger partial charge is 0.136 e. The van der Waals surface area contributed by atoms with Crippen LogP contribution in [-0.2, 0) is 0 Å². The average molecular weight is 790 g/mol. The quantitative estimate of drug-likeness (QED) is 0.150. The maximum Gasteiger partial charge on any atom is 0.136 e. The normalized spacial score (nSPS) is 11.5. The predicted octanol–water partition coefficient (Wildman–Crippen LogP) is 17.2. The molecule has 2 nitrogen and oxygen atoms in total. The average Bonchev–Trinajstić information content (AvgIpc) is 3.73. The van der Waals surface area contributed by atoms with Crippen LogP contribution in [0.5, 0.6) is 0 Å². The van der Waals surface area contributed by atoms with Gasteiger partial charge < -0.3 is 9.32 Å². The summed E-state index contributed by atoms with van der Waals surface area (Å²) in [7, 11) is 0. The Kier molecular flexibility index (Phi) is 8.53. The van der Waals surface area contributed by atoms with Crippen molar-refractivity contribution in [3.05, 3.63) is 237 Å². The summed E-state index contributed by atoms with van der Waals surface area (Å²) in [6, 6.07) is 85.5. The number of para-hydroxylation sites is 1. The Hall–Kier alpha value is -8.20. The van der Waals surface area contributed by atoms with E-state index in [1.165, 1.54) is 60.1 Å². The summed E-state index contributed by atoms with van der Waals surface area (Å²) in [4.78, 5) is 2.38. The monoisotopic (exact) mass is 789 g/mol. The predicted molar refractivity (Wildman–Crippen MR) is 263 cm³/mol. The van der Waals surface area contributed by atoms with Crippen LogP contribution in [0, 0.1) is 0 Å². The first-order valence-corrected chi connectivity index (χ1v) is 21.2. The molecule has 1 aromatic heterocycles. The number of benzene rings is 11. The molecule has 0 aliphatic rings. The molecule has 1 heterocycles. The van der Waals surface area contributed by atoms with Crippen molar-refractivity contribution in [1.29, 1.82) is 0 Å². The highest BCUT2D eigenvalue weighted by Gasteiger charge is 2.18. The van der Waals surface area contributed by atoms with Gasteiger partial charge in [-0.3, -0.25) is 0 Å². The Morgan fingerprint density at radius 3 is 1.61 bits per heavy atom. The number of rotatable bonds is 7. The first-order valence-electron chi connectivity index (χ1n) is 21.2. The van der Waals surface area contributed by atoms with Gasteiger partial charge in [0.2, 0.25) is 0 Å². The highest BCUT2D eigenvalue weighted by Crippen LogP contribution is 2.42. The van der Waals surface area contributed by atoms with Crippen molar-refractivity contribution in [2.75, 3.05) is 4.90 Å². The maximum atomic E-state index is 6.32. The summed E-state index contributed by atoms with van der Waals surface area (Å²) in [6.45, 7) is 0. The van der Waals surface area contributed by atoms with Crippen molar-refractivity contribution in [3.8, 4) is 44.5 Å². The third kappa shape index (κ3) is 6.20. The highest BCUT2D eigenvalue weighted by molar-refractivity contribution is 6.13. The Morgan fingerprint density at radius 2 is 0.806 bits per heavy atom. The number of nitrogens with zero attached hydrogens (tertiary/aromatic N) is 1. The minimum Gasteiger partial charge on any atom is -0.456 e. The summed E-state index contributed by atoms with van der Waals surface area (Å²) in [5.74, 6) is 0. The lowest BCUT2D eigenvalue weighted by Crippen LogP contribution is -2.10. The zero-order chi connectivity index (χ0) is 41.0. The van der Waals surface area contributed by atoms with Gasteiger partial charge in [0.25, 0.3) is 0 Å². The highest BCUT2D eigenvalue weighted by atomic mass is 16.3. The van der Waals surface area contributed by atoms with Crippen molar-refractivity contribution >= 4 is 71.3 Å². The van der Waals surface area contributed by atoms with Gasteiger partial charge in [-0.05, 0) is 131 Å². The summed E-state index contributed by atoms with van der Waals surface area (Å²) in [6.07, 6.45) is 0. The van der Waals surface area contributed by atoms with Gasteiger partial charge >= 0.3 is 0 Å². The van der Waals surface area contributed by atoms with E-state index in [4.69, 9.17) is 4.42 Å². The molecule has 0 fully saturated rings.